The molecule has 0 bridgehead atoms. The number of ether oxygens (including phenoxy) is 1. The van der Waals surface area contributed by atoms with Gasteiger partial charge in [-0.25, -0.2) is 45.8 Å². The number of oxazole rings is 1. The predicted molar refractivity (Wildman–Crippen MR) is 123 cm³/mol. The van der Waals surface area contributed by atoms with Crippen LogP contribution in [-0.4, -0.2) is 46.4 Å². The van der Waals surface area contributed by atoms with Gasteiger partial charge in [0.05, 0.1) is 24.3 Å². The van der Waals surface area contributed by atoms with Gasteiger partial charge in [0.25, 0.3) is 0 Å². The third kappa shape index (κ3) is 5.03. The van der Waals surface area contributed by atoms with Gasteiger partial charge in [-0.3, -0.25) is 0 Å². The lowest BCUT2D eigenvalue weighted by Gasteiger charge is -2.34. The summed E-state index contributed by atoms with van der Waals surface area (Å²) >= 11 is 0. The Morgan fingerprint density at radius 1 is 1.25 bits per heavy atom. The molecule has 0 aliphatic carbocycles. The number of benzene rings is 1. The SMILES string of the molecule is Cc1cnc(COc2cnc(/C(F)=C/c3cc(F)c(F)c([C@]4(C)CS(=O)(=O)N(C)C(N)=N4)c3)cn2)o1. The summed E-state index contributed by atoms with van der Waals surface area (Å²) < 4.78 is 80.3. The summed E-state index contributed by atoms with van der Waals surface area (Å²) in [5.41, 5.74) is 3.28. The number of guanidine groups is 1. The number of nitrogens with two attached hydrogens (primary N) is 1. The summed E-state index contributed by atoms with van der Waals surface area (Å²) in [4.78, 5) is 15.9. The van der Waals surface area contributed by atoms with Crippen molar-refractivity contribution in [1.82, 2.24) is 19.3 Å². The Morgan fingerprint density at radius 3 is 2.61 bits per heavy atom. The van der Waals surface area contributed by atoms with Crippen molar-refractivity contribution in [2.45, 2.75) is 26.0 Å². The maximum Gasteiger partial charge on any atom is 0.239 e. The number of sulfonamides is 1. The first-order valence-corrected chi connectivity index (χ1v) is 12.0. The van der Waals surface area contributed by atoms with Gasteiger partial charge in [0.1, 0.15) is 17.0 Å². The molecule has 36 heavy (non-hydrogen) atoms. The molecule has 3 heterocycles. The van der Waals surface area contributed by atoms with Crippen LogP contribution in [0.25, 0.3) is 11.9 Å². The summed E-state index contributed by atoms with van der Waals surface area (Å²) in [7, 11) is -2.74. The lowest BCUT2D eigenvalue weighted by molar-refractivity contribution is 0.250. The molecule has 1 atom stereocenters. The van der Waals surface area contributed by atoms with Crippen molar-refractivity contribution >= 4 is 27.9 Å². The van der Waals surface area contributed by atoms with Crippen molar-refractivity contribution < 1.29 is 30.7 Å². The van der Waals surface area contributed by atoms with Crippen LogP contribution in [0, 0.1) is 18.6 Å². The Morgan fingerprint density at radius 2 is 2.00 bits per heavy atom. The Bertz CT molecular complexity index is 1470. The van der Waals surface area contributed by atoms with Gasteiger partial charge < -0.3 is 14.9 Å². The molecular formula is C22H21F3N6O4S. The number of halogens is 3. The second kappa shape index (κ2) is 9.26. The average Bonchev–Trinajstić information content (AvgIpc) is 3.23. The van der Waals surface area contributed by atoms with Gasteiger partial charge in [-0.05, 0) is 37.6 Å². The van der Waals surface area contributed by atoms with E-state index < -0.39 is 44.3 Å². The first kappa shape index (κ1) is 25.2. The summed E-state index contributed by atoms with van der Waals surface area (Å²) in [5, 5.41) is 0. The van der Waals surface area contributed by atoms with Crippen molar-refractivity contribution in [3.63, 3.8) is 0 Å². The van der Waals surface area contributed by atoms with E-state index in [1.54, 1.807) is 6.92 Å². The van der Waals surface area contributed by atoms with E-state index in [9.17, 15) is 21.6 Å². The van der Waals surface area contributed by atoms with Crippen molar-refractivity contribution in [2.24, 2.45) is 10.7 Å². The lowest BCUT2D eigenvalue weighted by atomic mass is 9.92. The summed E-state index contributed by atoms with van der Waals surface area (Å²) in [6.45, 7) is 3.03. The molecule has 0 spiro atoms. The highest BCUT2D eigenvalue weighted by atomic mass is 32.2. The molecule has 0 unspecified atom stereocenters. The Kier molecular flexibility index (Phi) is 6.47. The van der Waals surface area contributed by atoms with Crippen molar-refractivity contribution in [1.29, 1.82) is 0 Å². The largest absolute Gasteiger partial charge is 0.467 e. The Hall–Kier alpha value is -3.94. The monoisotopic (exact) mass is 522 g/mol. The summed E-state index contributed by atoms with van der Waals surface area (Å²) in [5.74, 6) is -3.54. The second-order valence-electron chi connectivity index (χ2n) is 8.22. The van der Waals surface area contributed by atoms with E-state index in [2.05, 4.69) is 19.9 Å². The number of aromatic nitrogens is 3. The van der Waals surface area contributed by atoms with Gasteiger partial charge in [-0.15, -0.1) is 0 Å². The van der Waals surface area contributed by atoms with Crippen LogP contribution in [0.1, 0.15) is 35.4 Å². The molecule has 1 aliphatic heterocycles. The van der Waals surface area contributed by atoms with Gasteiger partial charge in [0, 0.05) is 12.6 Å². The molecule has 0 fully saturated rings. The van der Waals surface area contributed by atoms with Gasteiger partial charge >= 0.3 is 0 Å². The zero-order valence-electron chi connectivity index (χ0n) is 19.4. The first-order chi connectivity index (χ1) is 16.9. The quantitative estimate of drug-likeness (QED) is 0.522. The van der Waals surface area contributed by atoms with Crippen LogP contribution in [0.4, 0.5) is 13.2 Å². The van der Waals surface area contributed by atoms with Crippen molar-refractivity contribution in [3.8, 4) is 5.88 Å². The number of hydrogen-bond donors (Lipinski definition) is 1. The predicted octanol–water partition coefficient (Wildman–Crippen LogP) is 2.90. The number of nitrogens with zero attached hydrogens (tertiary/aromatic N) is 5. The van der Waals surface area contributed by atoms with E-state index in [0.29, 0.717) is 11.7 Å². The first-order valence-electron chi connectivity index (χ1n) is 10.4. The van der Waals surface area contributed by atoms with E-state index >= 15 is 0 Å². The van der Waals surface area contributed by atoms with Gasteiger partial charge in [-0.1, -0.05) is 0 Å². The number of hydrogen-bond acceptors (Lipinski definition) is 9. The van der Waals surface area contributed by atoms with E-state index in [0.717, 1.165) is 28.7 Å². The van der Waals surface area contributed by atoms with Crippen molar-refractivity contribution in [2.75, 3.05) is 12.8 Å². The zero-order chi connectivity index (χ0) is 26.3. The second-order valence-corrected chi connectivity index (χ2v) is 10.2. The molecular weight excluding hydrogens is 501 g/mol. The molecule has 2 N–H and O–H groups in total. The van der Waals surface area contributed by atoms with E-state index in [1.165, 1.54) is 26.4 Å². The normalized spacial score (nSPS) is 19.8. The van der Waals surface area contributed by atoms with Crippen molar-refractivity contribution in [3.05, 3.63) is 70.8 Å². The Balaban J connectivity index is 1.60. The number of aliphatic imine (C=N–C) groups is 1. The maximum atomic E-state index is 14.9. The van der Waals surface area contributed by atoms with Crippen LogP contribution < -0.4 is 10.5 Å². The zero-order valence-corrected chi connectivity index (χ0v) is 20.2. The van der Waals surface area contributed by atoms with Crippen LogP contribution in [0.15, 0.2) is 40.1 Å². The summed E-state index contributed by atoms with van der Waals surface area (Å²) in [6.07, 6.45) is 4.71. The molecule has 10 nitrogen and oxygen atoms in total. The van der Waals surface area contributed by atoms with Gasteiger partial charge in [-0.2, -0.15) is 0 Å². The van der Waals surface area contributed by atoms with Crippen LogP contribution >= 0.6 is 0 Å². The molecule has 0 saturated heterocycles. The fourth-order valence-electron chi connectivity index (χ4n) is 3.51. The molecule has 14 heteroatoms. The molecule has 0 radical (unpaired) electrons. The Labute approximate surface area is 204 Å². The molecule has 4 rings (SSSR count). The minimum Gasteiger partial charge on any atom is -0.467 e. The van der Waals surface area contributed by atoms with Crippen LogP contribution in [0.2, 0.25) is 0 Å². The van der Waals surface area contributed by atoms with E-state index in [1.807, 2.05) is 0 Å². The molecule has 2 aromatic heterocycles. The third-order valence-corrected chi connectivity index (χ3v) is 7.32. The average molecular weight is 523 g/mol. The fraction of sp³-hybridized carbons (Fsp3) is 0.273. The van der Waals surface area contributed by atoms with Crippen LogP contribution in [-0.2, 0) is 22.2 Å². The van der Waals surface area contributed by atoms with Gasteiger partial charge in [0.2, 0.25) is 27.8 Å². The highest BCUT2D eigenvalue weighted by molar-refractivity contribution is 7.89. The lowest BCUT2D eigenvalue weighted by Crippen LogP contribution is -2.50. The van der Waals surface area contributed by atoms with Crippen LogP contribution in [0.3, 0.4) is 0 Å². The molecule has 1 aromatic carbocycles. The standard InChI is InChI=1S/C22H21F3N6O4S/c1-12-7-28-19(35-12)10-34-18-9-27-17(8-29-18)15(23)5-13-4-14(20(25)16(24)6-13)22(2)11-36(32,33)31(3)21(26)30-22/h4-9H,10-11H2,1-3H3,(H2,26,30)/b15-5-/t22-/m0/s1. The summed E-state index contributed by atoms with van der Waals surface area (Å²) in [6, 6.07) is 1.88. The highest BCUT2D eigenvalue weighted by Crippen LogP contribution is 2.35. The third-order valence-electron chi connectivity index (χ3n) is 5.37. The van der Waals surface area contributed by atoms with Gasteiger partial charge in [0.15, 0.2) is 24.1 Å². The fourth-order valence-corrected chi connectivity index (χ4v) is 4.96. The maximum absolute atomic E-state index is 14.9. The van der Waals surface area contributed by atoms with E-state index in [4.69, 9.17) is 14.9 Å². The van der Waals surface area contributed by atoms with E-state index in [-0.39, 0.29) is 29.7 Å². The van der Waals surface area contributed by atoms with Crippen LogP contribution in [0.5, 0.6) is 5.88 Å². The smallest absolute Gasteiger partial charge is 0.239 e. The minimum atomic E-state index is -3.94. The minimum absolute atomic E-state index is 0.00486. The molecule has 0 amide bonds. The molecule has 1 aliphatic rings. The number of aryl methyl sites for hydroxylation is 1. The molecule has 3 aromatic rings. The molecule has 190 valence electrons. The topological polar surface area (TPSA) is 137 Å². The number of rotatable bonds is 6. The molecule has 0 saturated carbocycles. The highest BCUT2D eigenvalue weighted by Gasteiger charge is 2.42.